The normalized spacial score (nSPS) is 19.7. The van der Waals surface area contributed by atoms with Crippen molar-refractivity contribution in [3.63, 3.8) is 0 Å². The number of nitrogens with one attached hydrogen (secondary N) is 1. The van der Waals surface area contributed by atoms with Gasteiger partial charge in [-0.2, -0.15) is 0 Å². The van der Waals surface area contributed by atoms with E-state index in [0.29, 0.717) is 24.4 Å². The third-order valence-electron chi connectivity index (χ3n) is 4.05. The van der Waals surface area contributed by atoms with Gasteiger partial charge in [0, 0.05) is 19.7 Å². The average Bonchev–Trinajstić information content (AvgIpc) is 3.02. The fraction of sp³-hybridized carbons (Fsp3) is 0.353. The van der Waals surface area contributed by atoms with Crippen molar-refractivity contribution in [1.82, 2.24) is 14.9 Å². The zero-order chi connectivity index (χ0) is 17.9. The molecular formula is C17H19FN4O3. The van der Waals surface area contributed by atoms with Crippen molar-refractivity contribution in [2.75, 3.05) is 32.1 Å². The Balaban J connectivity index is 1.60. The van der Waals surface area contributed by atoms with E-state index >= 15 is 0 Å². The van der Waals surface area contributed by atoms with Crippen LogP contribution >= 0.6 is 0 Å². The monoisotopic (exact) mass is 346 g/mol. The van der Waals surface area contributed by atoms with E-state index in [2.05, 4.69) is 15.3 Å². The minimum atomic E-state index is -1.19. The first-order chi connectivity index (χ1) is 12.0. The molecule has 7 nitrogen and oxygen atoms in total. The quantitative estimate of drug-likeness (QED) is 0.849. The molecule has 0 aliphatic carbocycles. The Morgan fingerprint density at radius 1 is 1.44 bits per heavy atom. The van der Waals surface area contributed by atoms with Crippen LogP contribution in [-0.4, -0.2) is 58.2 Å². The first-order valence-corrected chi connectivity index (χ1v) is 7.89. The van der Waals surface area contributed by atoms with E-state index in [1.54, 1.807) is 13.1 Å². The van der Waals surface area contributed by atoms with Gasteiger partial charge >= 0.3 is 0 Å². The molecule has 1 atom stereocenters. The summed E-state index contributed by atoms with van der Waals surface area (Å²) in [6, 6.07) is 5.71. The largest absolute Gasteiger partial charge is 0.490 e. The van der Waals surface area contributed by atoms with Crippen LogP contribution in [0.3, 0.4) is 0 Å². The molecule has 1 aliphatic heterocycles. The number of hydrogen-bond donors (Lipinski definition) is 2. The van der Waals surface area contributed by atoms with Crippen molar-refractivity contribution < 1.29 is 19.0 Å². The molecule has 0 radical (unpaired) electrons. The van der Waals surface area contributed by atoms with Crippen LogP contribution in [0.15, 0.2) is 36.7 Å². The van der Waals surface area contributed by atoms with E-state index in [0.717, 1.165) is 0 Å². The van der Waals surface area contributed by atoms with Crippen LogP contribution < -0.4 is 10.1 Å². The van der Waals surface area contributed by atoms with Crippen molar-refractivity contribution in [2.45, 2.75) is 12.0 Å². The number of carbonyl (C=O) groups is 1. The standard InChI is InChI=1S/C17H19FN4O3/c1-19-13-8-20-15(21-9-13)16(23)22-6-5-17(24,10-22)11-25-14-4-2-3-12(18)7-14/h2-4,7-9,19,24H,5-6,10-11H2,1H3/t17-/m1/s1. The second-order valence-corrected chi connectivity index (χ2v) is 5.99. The van der Waals surface area contributed by atoms with E-state index in [1.807, 2.05) is 0 Å². The maximum absolute atomic E-state index is 13.2. The fourth-order valence-corrected chi connectivity index (χ4v) is 2.63. The molecule has 0 unspecified atom stereocenters. The molecule has 1 amide bonds. The number of aliphatic hydroxyl groups is 1. The van der Waals surface area contributed by atoms with Gasteiger partial charge in [-0.15, -0.1) is 0 Å². The zero-order valence-electron chi connectivity index (χ0n) is 13.8. The van der Waals surface area contributed by atoms with Crippen LogP contribution in [0.1, 0.15) is 17.0 Å². The molecular weight excluding hydrogens is 327 g/mol. The van der Waals surface area contributed by atoms with Gasteiger partial charge in [0.1, 0.15) is 23.8 Å². The number of rotatable bonds is 5. The van der Waals surface area contributed by atoms with Crippen LogP contribution in [-0.2, 0) is 0 Å². The molecule has 0 bridgehead atoms. The summed E-state index contributed by atoms with van der Waals surface area (Å²) in [6.45, 7) is 0.455. The van der Waals surface area contributed by atoms with Gasteiger partial charge in [-0.1, -0.05) is 6.07 Å². The van der Waals surface area contributed by atoms with Crippen LogP contribution in [0.5, 0.6) is 5.75 Å². The highest BCUT2D eigenvalue weighted by Gasteiger charge is 2.39. The number of ether oxygens (including phenoxy) is 1. The predicted octanol–water partition coefficient (Wildman–Crippen LogP) is 1.31. The first-order valence-electron chi connectivity index (χ1n) is 7.89. The molecule has 0 saturated carbocycles. The van der Waals surface area contributed by atoms with Gasteiger partial charge in [0.05, 0.1) is 24.6 Å². The zero-order valence-corrected chi connectivity index (χ0v) is 13.8. The van der Waals surface area contributed by atoms with Gasteiger partial charge in [-0.3, -0.25) is 4.79 Å². The Bertz CT molecular complexity index is 756. The van der Waals surface area contributed by atoms with Crippen molar-refractivity contribution in [3.8, 4) is 5.75 Å². The van der Waals surface area contributed by atoms with E-state index in [-0.39, 0.29) is 24.9 Å². The minimum Gasteiger partial charge on any atom is -0.490 e. The number of amides is 1. The molecule has 8 heteroatoms. The van der Waals surface area contributed by atoms with E-state index in [1.165, 1.54) is 35.5 Å². The third kappa shape index (κ3) is 4.03. The highest BCUT2D eigenvalue weighted by Crippen LogP contribution is 2.24. The molecule has 132 valence electrons. The van der Waals surface area contributed by atoms with Crippen molar-refractivity contribution in [1.29, 1.82) is 0 Å². The number of halogens is 1. The number of β-amino-alcohol motifs (C(OH)–C–C–N with tert-alkyl or cyclic N) is 1. The molecule has 2 aromatic rings. The maximum atomic E-state index is 13.2. The lowest BCUT2D eigenvalue weighted by Crippen LogP contribution is -2.41. The fourth-order valence-electron chi connectivity index (χ4n) is 2.63. The Kier molecular flexibility index (Phi) is 4.80. The number of anilines is 1. The van der Waals surface area contributed by atoms with Crippen LogP contribution in [0.2, 0.25) is 0 Å². The van der Waals surface area contributed by atoms with Crippen molar-refractivity contribution in [3.05, 3.63) is 48.3 Å². The highest BCUT2D eigenvalue weighted by molar-refractivity contribution is 5.90. The Hall–Kier alpha value is -2.74. The minimum absolute atomic E-state index is 0.0280. The van der Waals surface area contributed by atoms with Crippen molar-refractivity contribution >= 4 is 11.6 Å². The number of carbonyl (C=O) groups excluding carboxylic acids is 1. The second kappa shape index (κ2) is 7.02. The predicted molar refractivity (Wildman–Crippen MR) is 88.9 cm³/mol. The summed E-state index contributed by atoms with van der Waals surface area (Å²) in [6.07, 6.45) is 3.41. The van der Waals surface area contributed by atoms with Gasteiger partial charge in [0.2, 0.25) is 5.82 Å². The molecule has 3 rings (SSSR count). The average molecular weight is 346 g/mol. The number of benzene rings is 1. The van der Waals surface area contributed by atoms with Crippen LogP contribution in [0, 0.1) is 5.82 Å². The summed E-state index contributed by atoms with van der Waals surface area (Å²) in [7, 11) is 1.74. The summed E-state index contributed by atoms with van der Waals surface area (Å²) in [5.41, 5.74) is -0.481. The molecule has 25 heavy (non-hydrogen) atoms. The number of hydrogen-bond acceptors (Lipinski definition) is 6. The molecule has 1 aromatic heterocycles. The molecule has 0 spiro atoms. The number of likely N-dealkylation sites (tertiary alicyclic amines) is 1. The third-order valence-corrected chi connectivity index (χ3v) is 4.05. The molecule has 1 saturated heterocycles. The number of nitrogens with zero attached hydrogens (tertiary/aromatic N) is 3. The molecule has 2 heterocycles. The molecule has 1 aromatic carbocycles. The van der Waals surface area contributed by atoms with Gasteiger partial charge in [-0.05, 0) is 18.6 Å². The summed E-state index contributed by atoms with van der Waals surface area (Å²) in [5, 5.41) is 13.5. The van der Waals surface area contributed by atoms with Gasteiger partial charge < -0.3 is 20.1 Å². The van der Waals surface area contributed by atoms with Crippen LogP contribution in [0.25, 0.3) is 0 Å². The molecule has 2 N–H and O–H groups in total. The summed E-state index contributed by atoms with van der Waals surface area (Å²) in [4.78, 5) is 22.0. The highest BCUT2D eigenvalue weighted by atomic mass is 19.1. The summed E-state index contributed by atoms with van der Waals surface area (Å²) in [5.74, 6) is -0.335. The number of aromatic nitrogens is 2. The van der Waals surface area contributed by atoms with Crippen LogP contribution in [0.4, 0.5) is 10.1 Å². The molecule has 1 fully saturated rings. The lowest BCUT2D eigenvalue weighted by Gasteiger charge is -2.23. The topological polar surface area (TPSA) is 87.6 Å². The van der Waals surface area contributed by atoms with Gasteiger partial charge in [0.25, 0.3) is 5.91 Å². The van der Waals surface area contributed by atoms with Gasteiger partial charge in [-0.25, -0.2) is 14.4 Å². The lowest BCUT2D eigenvalue weighted by molar-refractivity contribution is 0.00411. The SMILES string of the molecule is CNc1cnc(C(=O)N2CC[C@](O)(COc3cccc(F)c3)C2)nc1. The lowest BCUT2D eigenvalue weighted by atomic mass is 10.1. The Morgan fingerprint density at radius 3 is 2.88 bits per heavy atom. The van der Waals surface area contributed by atoms with E-state index in [9.17, 15) is 14.3 Å². The summed E-state index contributed by atoms with van der Waals surface area (Å²) < 4.78 is 18.6. The summed E-state index contributed by atoms with van der Waals surface area (Å²) >= 11 is 0. The van der Waals surface area contributed by atoms with E-state index < -0.39 is 11.4 Å². The van der Waals surface area contributed by atoms with Gasteiger partial charge in [0.15, 0.2) is 0 Å². The Morgan fingerprint density at radius 2 is 2.20 bits per heavy atom. The smallest absolute Gasteiger partial charge is 0.291 e. The van der Waals surface area contributed by atoms with Crippen molar-refractivity contribution in [2.24, 2.45) is 0 Å². The maximum Gasteiger partial charge on any atom is 0.291 e. The van der Waals surface area contributed by atoms with E-state index in [4.69, 9.17) is 4.74 Å². The first kappa shape index (κ1) is 17.1. The molecule has 1 aliphatic rings. The Labute approximate surface area is 144 Å². The second-order valence-electron chi connectivity index (χ2n) is 5.99.